The lowest BCUT2D eigenvalue weighted by Gasteiger charge is -2.36. The molecule has 3 rings (SSSR count). The molecule has 0 unspecified atom stereocenters. The van der Waals surface area contributed by atoms with Gasteiger partial charge in [-0.15, -0.1) is 0 Å². The fraction of sp³-hybridized carbons (Fsp3) is 0.538. The van der Waals surface area contributed by atoms with Gasteiger partial charge in [-0.05, 0) is 52.1 Å². The minimum Gasteiger partial charge on any atom is -0.353 e. The molecular formula is C13H15IO2. The van der Waals surface area contributed by atoms with Gasteiger partial charge >= 0.3 is 0 Å². The first-order valence-electron chi connectivity index (χ1n) is 5.60. The van der Waals surface area contributed by atoms with Crippen molar-refractivity contribution in [3.05, 3.63) is 32.9 Å². The third-order valence-electron chi connectivity index (χ3n) is 4.14. The molecule has 2 aliphatic carbocycles. The second kappa shape index (κ2) is 3.68. The van der Waals surface area contributed by atoms with E-state index >= 15 is 0 Å². The summed E-state index contributed by atoms with van der Waals surface area (Å²) in [5.41, 5.74) is 2.98. The van der Waals surface area contributed by atoms with Gasteiger partial charge in [0.25, 0.3) is 0 Å². The molecule has 0 amide bonds. The van der Waals surface area contributed by atoms with Crippen LogP contribution in [-0.4, -0.2) is 20.0 Å². The molecule has 2 aliphatic rings. The summed E-state index contributed by atoms with van der Waals surface area (Å²) in [4.78, 5) is 0. The number of benzene rings is 1. The van der Waals surface area contributed by atoms with Gasteiger partial charge in [-0.3, -0.25) is 0 Å². The zero-order chi connectivity index (χ0) is 11.3. The van der Waals surface area contributed by atoms with E-state index < -0.39 is 0 Å². The van der Waals surface area contributed by atoms with Crippen LogP contribution < -0.4 is 0 Å². The van der Waals surface area contributed by atoms with Crippen LogP contribution in [0.3, 0.4) is 0 Å². The average molecular weight is 330 g/mol. The Morgan fingerprint density at radius 3 is 2.75 bits per heavy atom. The van der Waals surface area contributed by atoms with Crippen LogP contribution in [0.2, 0.25) is 0 Å². The monoisotopic (exact) mass is 330 g/mol. The molecule has 0 saturated heterocycles. The third kappa shape index (κ3) is 1.25. The summed E-state index contributed by atoms with van der Waals surface area (Å²) >= 11 is 2.44. The van der Waals surface area contributed by atoms with Crippen LogP contribution in [0, 0.1) is 3.57 Å². The van der Waals surface area contributed by atoms with E-state index in [0.29, 0.717) is 11.8 Å². The van der Waals surface area contributed by atoms with Gasteiger partial charge in [0.05, 0.1) is 0 Å². The van der Waals surface area contributed by atoms with Gasteiger partial charge in [0.2, 0.25) is 0 Å². The largest absolute Gasteiger partial charge is 0.353 e. The molecule has 2 atom stereocenters. The maximum atomic E-state index is 5.65. The van der Waals surface area contributed by atoms with Gasteiger partial charge in [-0.1, -0.05) is 12.1 Å². The Morgan fingerprint density at radius 1 is 1.31 bits per heavy atom. The minimum atomic E-state index is -0.373. The Morgan fingerprint density at radius 2 is 2.06 bits per heavy atom. The highest BCUT2D eigenvalue weighted by Gasteiger charge is 2.55. The summed E-state index contributed by atoms with van der Waals surface area (Å²) < 4.78 is 12.7. The number of hydrogen-bond acceptors (Lipinski definition) is 2. The van der Waals surface area contributed by atoms with E-state index in [1.54, 1.807) is 14.2 Å². The van der Waals surface area contributed by atoms with Crippen molar-refractivity contribution in [2.45, 2.75) is 30.5 Å². The predicted molar refractivity (Wildman–Crippen MR) is 70.6 cm³/mol. The fourth-order valence-electron chi connectivity index (χ4n) is 3.44. The summed E-state index contributed by atoms with van der Waals surface area (Å²) in [6, 6.07) is 6.56. The van der Waals surface area contributed by atoms with Crippen LogP contribution in [0.15, 0.2) is 18.2 Å². The molecule has 2 nitrogen and oxygen atoms in total. The van der Waals surface area contributed by atoms with Crippen LogP contribution in [0.5, 0.6) is 0 Å². The Labute approximate surface area is 109 Å². The molecule has 1 fully saturated rings. The number of rotatable bonds is 2. The molecule has 1 aromatic carbocycles. The van der Waals surface area contributed by atoms with Crippen molar-refractivity contribution in [2.24, 2.45) is 0 Å². The van der Waals surface area contributed by atoms with Crippen LogP contribution >= 0.6 is 22.6 Å². The van der Waals surface area contributed by atoms with Crippen LogP contribution in [-0.2, 0) is 9.47 Å². The smallest absolute Gasteiger partial charge is 0.174 e. The van der Waals surface area contributed by atoms with E-state index in [1.165, 1.54) is 21.1 Å². The molecule has 0 N–H and O–H groups in total. The number of fused-ring (bicyclic) bond motifs is 5. The molecular weight excluding hydrogens is 315 g/mol. The average Bonchev–Trinajstić information content (AvgIpc) is 2.85. The van der Waals surface area contributed by atoms with Gasteiger partial charge in [-0.25, -0.2) is 0 Å². The topological polar surface area (TPSA) is 18.5 Å². The van der Waals surface area contributed by atoms with Crippen molar-refractivity contribution in [3.8, 4) is 0 Å². The first-order chi connectivity index (χ1) is 7.72. The highest BCUT2D eigenvalue weighted by molar-refractivity contribution is 14.1. The lowest BCUT2D eigenvalue weighted by molar-refractivity contribution is -0.213. The van der Waals surface area contributed by atoms with Crippen LogP contribution in [0.1, 0.15) is 35.8 Å². The highest BCUT2D eigenvalue weighted by atomic mass is 127. The summed E-state index contributed by atoms with van der Waals surface area (Å²) in [5.74, 6) is 0.660. The SMILES string of the molecule is COC1(OC)C[C@H]2C[C@@H]1c1cccc(I)c12. The van der Waals surface area contributed by atoms with Gasteiger partial charge < -0.3 is 9.47 Å². The van der Waals surface area contributed by atoms with E-state index in [9.17, 15) is 0 Å². The molecule has 0 aliphatic heterocycles. The molecule has 1 aromatic rings. The Kier molecular flexibility index (Phi) is 2.53. The predicted octanol–water partition coefficient (Wildman–Crippen LogP) is 3.25. The van der Waals surface area contributed by atoms with Gasteiger partial charge in [0.1, 0.15) is 0 Å². The summed E-state index contributed by atoms with van der Waals surface area (Å²) in [6.45, 7) is 0. The first kappa shape index (κ1) is 11.0. The number of halogens is 1. The number of ether oxygens (including phenoxy) is 2. The molecule has 86 valence electrons. The molecule has 3 heteroatoms. The lowest BCUT2D eigenvalue weighted by Crippen LogP contribution is -2.38. The lowest BCUT2D eigenvalue weighted by atomic mass is 9.87. The van der Waals surface area contributed by atoms with E-state index in [2.05, 4.69) is 40.8 Å². The normalized spacial score (nSPS) is 29.4. The number of hydrogen-bond donors (Lipinski definition) is 0. The van der Waals surface area contributed by atoms with Gasteiger partial charge in [0, 0.05) is 30.1 Å². The van der Waals surface area contributed by atoms with Gasteiger partial charge in [-0.2, -0.15) is 0 Å². The van der Waals surface area contributed by atoms with Crippen molar-refractivity contribution in [3.63, 3.8) is 0 Å². The van der Waals surface area contributed by atoms with Crippen molar-refractivity contribution >= 4 is 22.6 Å². The van der Waals surface area contributed by atoms with E-state index in [4.69, 9.17) is 9.47 Å². The summed E-state index contributed by atoms with van der Waals surface area (Å²) in [5, 5.41) is 0. The minimum absolute atomic E-state index is 0.373. The Balaban J connectivity index is 2.11. The molecule has 1 saturated carbocycles. The molecule has 0 radical (unpaired) electrons. The van der Waals surface area contributed by atoms with E-state index in [0.717, 1.165) is 6.42 Å². The fourth-order valence-corrected chi connectivity index (χ4v) is 4.40. The second-order valence-corrected chi connectivity index (χ2v) is 5.81. The van der Waals surface area contributed by atoms with Crippen molar-refractivity contribution in [2.75, 3.05) is 14.2 Å². The standard InChI is InChI=1S/C13H15IO2/c1-15-13(16-2)7-8-6-10(13)9-4-3-5-11(14)12(8)9/h3-5,8,10H,6-7H2,1-2H3/t8-,10-/m1/s1. The molecule has 0 spiro atoms. The first-order valence-corrected chi connectivity index (χ1v) is 6.68. The number of methoxy groups -OCH3 is 2. The van der Waals surface area contributed by atoms with Crippen molar-refractivity contribution in [1.29, 1.82) is 0 Å². The van der Waals surface area contributed by atoms with Crippen molar-refractivity contribution in [1.82, 2.24) is 0 Å². The Bertz CT molecular complexity index is 426. The quantitative estimate of drug-likeness (QED) is 0.612. The summed E-state index contributed by atoms with van der Waals surface area (Å²) in [7, 11) is 3.52. The van der Waals surface area contributed by atoms with Gasteiger partial charge in [0.15, 0.2) is 5.79 Å². The molecule has 2 bridgehead atoms. The molecule has 16 heavy (non-hydrogen) atoms. The third-order valence-corrected chi connectivity index (χ3v) is 5.08. The van der Waals surface area contributed by atoms with E-state index in [-0.39, 0.29) is 5.79 Å². The zero-order valence-electron chi connectivity index (χ0n) is 9.50. The van der Waals surface area contributed by atoms with Crippen LogP contribution in [0.4, 0.5) is 0 Å². The van der Waals surface area contributed by atoms with E-state index in [1.807, 2.05) is 0 Å². The van der Waals surface area contributed by atoms with Crippen LogP contribution in [0.25, 0.3) is 0 Å². The maximum Gasteiger partial charge on any atom is 0.174 e. The maximum absolute atomic E-state index is 5.65. The molecule has 0 heterocycles. The zero-order valence-corrected chi connectivity index (χ0v) is 11.7. The summed E-state index contributed by atoms with van der Waals surface area (Å²) in [6.07, 6.45) is 2.18. The molecule has 0 aromatic heterocycles. The Hall–Kier alpha value is -0.130. The second-order valence-electron chi connectivity index (χ2n) is 4.65. The van der Waals surface area contributed by atoms with Crippen molar-refractivity contribution < 1.29 is 9.47 Å². The highest BCUT2D eigenvalue weighted by Crippen LogP contribution is 2.60.